The number of aromatic nitrogens is 1. The second kappa shape index (κ2) is 8.08. The Hall–Kier alpha value is -1.69. The summed E-state index contributed by atoms with van der Waals surface area (Å²) in [6, 6.07) is 3.46. The summed E-state index contributed by atoms with van der Waals surface area (Å²) in [5.41, 5.74) is 0.531. The molecule has 22 heavy (non-hydrogen) atoms. The van der Waals surface area contributed by atoms with Gasteiger partial charge >= 0.3 is 6.18 Å². The van der Waals surface area contributed by atoms with Crippen LogP contribution in [0.3, 0.4) is 0 Å². The third-order valence-corrected chi connectivity index (χ3v) is 3.79. The number of hydrogen-bond acceptors (Lipinski definition) is 3. The molecule has 0 unspecified atom stereocenters. The molecule has 0 amide bonds. The summed E-state index contributed by atoms with van der Waals surface area (Å²) in [4.78, 5) is 4.86. The fraction of sp³-hybridized carbons (Fsp3) is 0.312. The highest BCUT2D eigenvalue weighted by molar-refractivity contribution is 8.03. The largest absolute Gasteiger partial charge is 0.495 e. The van der Waals surface area contributed by atoms with Gasteiger partial charge in [-0.05, 0) is 30.9 Å². The molecule has 0 spiro atoms. The number of ether oxygens (including phenoxy) is 1. The van der Waals surface area contributed by atoms with Crippen molar-refractivity contribution in [2.24, 2.45) is 0 Å². The van der Waals surface area contributed by atoms with E-state index in [0.717, 1.165) is 18.8 Å². The van der Waals surface area contributed by atoms with Crippen LogP contribution in [0.1, 0.15) is 19.5 Å². The van der Waals surface area contributed by atoms with Crippen molar-refractivity contribution in [2.75, 3.05) is 12.9 Å². The molecule has 6 heteroatoms. The van der Waals surface area contributed by atoms with Gasteiger partial charge in [0.1, 0.15) is 5.75 Å². The van der Waals surface area contributed by atoms with Gasteiger partial charge in [-0.25, -0.2) is 0 Å². The van der Waals surface area contributed by atoms with Crippen LogP contribution >= 0.6 is 11.8 Å². The molecule has 0 bridgehead atoms. The van der Waals surface area contributed by atoms with Gasteiger partial charge in [0, 0.05) is 16.1 Å². The van der Waals surface area contributed by atoms with E-state index >= 15 is 0 Å². The summed E-state index contributed by atoms with van der Waals surface area (Å²) in [5, 5.41) is 0. The number of pyridine rings is 1. The maximum atomic E-state index is 12.5. The summed E-state index contributed by atoms with van der Waals surface area (Å²) in [6.07, 6.45) is -0.276. The average Bonchev–Trinajstić information content (AvgIpc) is 2.49. The highest BCUT2D eigenvalue weighted by Gasteiger charge is 2.29. The Labute approximate surface area is 132 Å². The molecule has 0 atom stereocenters. The lowest BCUT2D eigenvalue weighted by atomic mass is 10.1. The quantitative estimate of drug-likeness (QED) is 0.666. The second-order valence-corrected chi connectivity index (χ2v) is 5.68. The summed E-state index contributed by atoms with van der Waals surface area (Å²) in [6.45, 7) is 6.90. The minimum Gasteiger partial charge on any atom is -0.495 e. The predicted octanol–water partition coefficient (Wildman–Crippen LogP) is 5.25. The van der Waals surface area contributed by atoms with E-state index in [4.69, 9.17) is 4.74 Å². The highest BCUT2D eigenvalue weighted by Crippen LogP contribution is 2.31. The summed E-state index contributed by atoms with van der Waals surface area (Å²) in [5.74, 6) is 1.33. The Bertz CT molecular complexity index is 574. The van der Waals surface area contributed by atoms with Crippen LogP contribution < -0.4 is 4.74 Å². The van der Waals surface area contributed by atoms with Crippen molar-refractivity contribution < 1.29 is 17.9 Å². The lowest BCUT2D eigenvalue weighted by Crippen LogP contribution is -2.08. The Kier molecular flexibility index (Phi) is 6.74. The smallest absolute Gasteiger partial charge is 0.412 e. The van der Waals surface area contributed by atoms with Crippen LogP contribution in [0.2, 0.25) is 0 Å². The molecular weight excluding hydrogens is 311 g/mol. The lowest BCUT2D eigenvalue weighted by molar-refractivity contribution is -0.0912. The van der Waals surface area contributed by atoms with E-state index < -0.39 is 11.7 Å². The molecular formula is C16H18F3NOS. The van der Waals surface area contributed by atoms with Gasteiger partial charge in [-0.2, -0.15) is 13.2 Å². The Morgan fingerprint density at radius 2 is 2.05 bits per heavy atom. The van der Waals surface area contributed by atoms with E-state index in [1.807, 2.05) is 6.92 Å². The van der Waals surface area contributed by atoms with Crippen molar-refractivity contribution in [3.05, 3.63) is 53.2 Å². The van der Waals surface area contributed by atoms with E-state index in [1.54, 1.807) is 18.3 Å². The molecule has 0 saturated carbocycles. The zero-order chi connectivity index (χ0) is 16.8. The molecule has 0 aliphatic rings. The van der Waals surface area contributed by atoms with Crippen LogP contribution in [0, 0.1) is 0 Å². The molecule has 0 fully saturated rings. The van der Waals surface area contributed by atoms with Gasteiger partial charge in [-0.1, -0.05) is 19.6 Å². The molecule has 1 rings (SSSR count). The first kappa shape index (κ1) is 18.4. The van der Waals surface area contributed by atoms with Crippen molar-refractivity contribution in [1.82, 2.24) is 4.98 Å². The molecule has 0 aliphatic carbocycles. The minimum atomic E-state index is -4.32. The lowest BCUT2D eigenvalue weighted by Gasteiger charge is -2.10. The average molecular weight is 329 g/mol. The molecule has 0 aliphatic heterocycles. The second-order valence-electron chi connectivity index (χ2n) is 4.37. The SMILES string of the molecule is C=C(/C(=C\C=C(/C)C(F)(F)F)SCC)c1ccc(OC)cn1. The molecule has 120 valence electrons. The number of hydrogen-bond donors (Lipinski definition) is 0. The predicted molar refractivity (Wildman–Crippen MR) is 85.9 cm³/mol. The molecule has 2 nitrogen and oxygen atoms in total. The van der Waals surface area contributed by atoms with E-state index in [0.29, 0.717) is 21.9 Å². The molecule has 0 N–H and O–H groups in total. The fourth-order valence-corrected chi connectivity index (χ4v) is 2.25. The number of methoxy groups -OCH3 is 1. The van der Waals surface area contributed by atoms with Crippen LogP contribution in [0.15, 0.2) is 47.5 Å². The van der Waals surface area contributed by atoms with Crippen LogP contribution in [0.25, 0.3) is 5.57 Å². The van der Waals surface area contributed by atoms with Crippen molar-refractivity contribution >= 4 is 17.3 Å². The van der Waals surface area contributed by atoms with Gasteiger partial charge in [0.15, 0.2) is 0 Å². The van der Waals surface area contributed by atoms with Crippen LogP contribution in [-0.4, -0.2) is 24.0 Å². The number of rotatable bonds is 6. The number of alkyl halides is 3. The van der Waals surface area contributed by atoms with Crippen molar-refractivity contribution in [3.63, 3.8) is 0 Å². The monoisotopic (exact) mass is 329 g/mol. The van der Waals surface area contributed by atoms with Gasteiger partial charge in [0.05, 0.1) is 19.0 Å². The standard InChI is InChI=1S/C16H18F3NOS/c1-5-22-15(9-6-11(2)16(17,18)19)12(3)14-8-7-13(21-4)10-20-14/h6-10H,3,5H2,1-2,4H3/b11-6+,15-9+. The zero-order valence-corrected chi connectivity index (χ0v) is 13.5. The number of allylic oxidation sites excluding steroid dienone is 4. The van der Waals surface area contributed by atoms with Crippen molar-refractivity contribution in [3.8, 4) is 5.75 Å². The molecule has 1 heterocycles. The van der Waals surface area contributed by atoms with Crippen LogP contribution in [0.5, 0.6) is 5.75 Å². The topological polar surface area (TPSA) is 22.1 Å². The van der Waals surface area contributed by atoms with E-state index in [9.17, 15) is 13.2 Å². The third kappa shape index (κ3) is 5.26. The van der Waals surface area contributed by atoms with Gasteiger partial charge in [-0.15, -0.1) is 11.8 Å². The summed E-state index contributed by atoms with van der Waals surface area (Å²) in [7, 11) is 1.54. The minimum absolute atomic E-state index is 0.584. The fourth-order valence-electron chi connectivity index (χ4n) is 1.49. The highest BCUT2D eigenvalue weighted by atomic mass is 32.2. The Morgan fingerprint density at radius 1 is 1.36 bits per heavy atom. The van der Waals surface area contributed by atoms with Gasteiger partial charge < -0.3 is 4.74 Å². The van der Waals surface area contributed by atoms with E-state index in [2.05, 4.69) is 11.6 Å². The van der Waals surface area contributed by atoms with Crippen LogP contribution in [0.4, 0.5) is 13.2 Å². The van der Waals surface area contributed by atoms with E-state index in [-0.39, 0.29) is 0 Å². The normalized spacial score (nSPS) is 13.2. The first-order chi connectivity index (χ1) is 10.3. The number of thioether (sulfide) groups is 1. The van der Waals surface area contributed by atoms with Gasteiger partial charge in [-0.3, -0.25) is 4.98 Å². The van der Waals surface area contributed by atoms with Gasteiger partial charge in [0.25, 0.3) is 0 Å². The Morgan fingerprint density at radius 3 is 2.50 bits per heavy atom. The molecule has 1 aromatic heterocycles. The Balaban J connectivity index is 3.05. The van der Waals surface area contributed by atoms with Gasteiger partial charge in [0.2, 0.25) is 0 Å². The number of nitrogens with zero attached hydrogens (tertiary/aromatic N) is 1. The maximum Gasteiger partial charge on any atom is 0.412 e. The molecule has 0 saturated heterocycles. The molecule has 0 aromatic carbocycles. The van der Waals surface area contributed by atoms with Crippen LogP contribution in [-0.2, 0) is 0 Å². The van der Waals surface area contributed by atoms with Crippen molar-refractivity contribution in [2.45, 2.75) is 20.0 Å². The maximum absolute atomic E-state index is 12.5. The zero-order valence-electron chi connectivity index (χ0n) is 12.7. The van der Waals surface area contributed by atoms with Crippen molar-refractivity contribution in [1.29, 1.82) is 0 Å². The molecule has 0 radical (unpaired) electrons. The first-order valence-electron chi connectivity index (χ1n) is 6.57. The third-order valence-electron chi connectivity index (χ3n) is 2.81. The summed E-state index contributed by atoms with van der Waals surface area (Å²) < 4.78 is 42.6. The first-order valence-corrected chi connectivity index (χ1v) is 7.56. The number of halogens is 3. The van der Waals surface area contributed by atoms with E-state index in [1.165, 1.54) is 24.9 Å². The molecule has 1 aromatic rings. The summed E-state index contributed by atoms with van der Waals surface area (Å²) >= 11 is 1.42.